The van der Waals surface area contributed by atoms with Gasteiger partial charge in [0.2, 0.25) is 21.0 Å². The first kappa shape index (κ1) is 29.4. The number of rotatable bonds is 5. The Morgan fingerprint density at radius 3 is 2.17 bits per heavy atom. The Bertz CT molecular complexity index is 1190. The summed E-state index contributed by atoms with van der Waals surface area (Å²) in [5.41, 5.74) is 0.186. The molecule has 0 aliphatic heterocycles. The predicted molar refractivity (Wildman–Crippen MR) is 140 cm³/mol. The summed E-state index contributed by atoms with van der Waals surface area (Å²) in [5, 5.41) is 19.6. The van der Waals surface area contributed by atoms with Crippen LogP contribution in [-0.2, 0) is 3.79 Å². The average molecular weight is 605 g/mol. The zero-order valence-electron chi connectivity index (χ0n) is 18.7. The first-order valence-corrected chi connectivity index (χ1v) is 12.0. The van der Waals surface area contributed by atoms with Crippen molar-refractivity contribution in [1.29, 1.82) is 0 Å². The van der Waals surface area contributed by atoms with E-state index in [2.05, 4.69) is 35.7 Å². The minimum atomic E-state index is -1.97. The summed E-state index contributed by atoms with van der Waals surface area (Å²) < 4.78 is -0.918. The van der Waals surface area contributed by atoms with Gasteiger partial charge in [-0.25, -0.2) is 14.5 Å². The lowest BCUT2D eigenvalue weighted by Gasteiger charge is -2.20. The molecule has 1 aromatic carbocycles. The summed E-state index contributed by atoms with van der Waals surface area (Å²) in [7, 11) is 0. The number of anilines is 2. The Labute approximate surface area is 231 Å². The number of hydrogen-bond acceptors (Lipinski definition) is 8. The van der Waals surface area contributed by atoms with Crippen molar-refractivity contribution in [2.45, 2.75) is 37.0 Å². The summed E-state index contributed by atoms with van der Waals surface area (Å²) in [6, 6.07) is 4.49. The van der Waals surface area contributed by atoms with E-state index in [9.17, 15) is 4.79 Å². The minimum absolute atomic E-state index is 0.103. The number of nitrogens with zero attached hydrogens (tertiary/aromatic N) is 6. The number of hydrogen-bond donors (Lipinski definition) is 3. The SMILES string of the molecule is CCNc1nc(Cl)nc(NC(C)(C)C)n1.O=C(O)c1nc(C(Cl)(Cl)Cl)n(-c2ccc(Cl)cc2Cl)n1. The molecular formula is C19H20Cl6N8O2. The Balaban J connectivity index is 0.000000258. The van der Waals surface area contributed by atoms with Gasteiger partial charge in [0, 0.05) is 17.1 Å². The fourth-order valence-electron chi connectivity index (χ4n) is 2.39. The van der Waals surface area contributed by atoms with E-state index in [4.69, 9.17) is 74.7 Å². The molecule has 0 fully saturated rings. The van der Waals surface area contributed by atoms with Gasteiger partial charge in [-0.3, -0.25) is 0 Å². The number of carbonyl (C=O) groups is 1. The number of nitrogens with one attached hydrogen (secondary N) is 2. The monoisotopic (exact) mass is 602 g/mol. The second-order valence-electron chi connectivity index (χ2n) is 7.73. The average Bonchev–Trinajstić information content (AvgIpc) is 3.13. The quantitative estimate of drug-likeness (QED) is 0.288. The van der Waals surface area contributed by atoms with Crippen molar-refractivity contribution < 1.29 is 9.90 Å². The van der Waals surface area contributed by atoms with Crippen LogP contribution in [-0.4, -0.2) is 52.9 Å². The molecular weight excluding hydrogens is 585 g/mol. The lowest BCUT2D eigenvalue weighted by molar-refractivity contribution is 0.0683. The van der Waals surface area contributed by atoms with Gasteiger partial charge in [-0.1, -0.05) is 58.0 Å². The van der Waals surface area contributed by atoms with E-state index < -0.39 is 15.6 Å². The standard InChI is InChI=1S/C10H4Cl5N3O2.C9H16ClN5/c11-4-1-2-6(5(12)3-4)18-9(10(13,14)15)16-7(17-18)8(19)20;1-5-11-7-12-6(10)13-8(14-7)15-9(2,3)4/h1-3H,(H,19,20);5H2,1-4H3,(H2,11,12,13,14,15). The highest BCUT2D eigenvalue weighted by Crippen LogP contribution is 2.39. The van der Waals surface area contributed by atoms with Crippen LogP contribution in [0, 0.1) is 0 Å². The number of carboxylic acids is 1. The van der Waals surface area contributed by atoms with Crippen LogP contribution >= 0.6 is 69.6 Å². The van der Waals surface area contributed by atoms with Crippen molar-refractivity contribution in [2.75, 3.05) is 17.2 Å². The third kappa shape index (κ3) is 8.96. The summed E-state index contributed by atoms with van der Waals surface area (Å²) in [5.74, 6) is -1.09. The molecule has 0 amide bonds. The topological polar surface area (TPSA) is 131 Å². The van der Waals surface area contributed by atoms with Crippen molar-refractivity contribution in [1.82, 2.24) is 29.7 Å². The van der Waals surface area contributed by atoms with Crippen LogP contribution in [0.25, 0.3) is 5.69 Å². The van der Waals surface area contributed by atoms with Crippen LogP contribution in [0.3, 0.4) is 0 Å². The molecule has 2 aromatic heterocycles. The zero-order chi connectivity index (χ0) is 26.6. The number of benzene rings is 1. The Morgan fingerprint density at radius 2 is 1.66 bits per heavy atom. The van der Waals surface area contributed by atoms with Crippen LogP contribution in [0.4, 0.5) is 11.9 Å². The molecule has 10 nitrogen and oxygen atoms in total. The normalized spacial score (nSPS) is 11.5. The van der Waals surface area contributed by atoms with Crippen LogP contribution < -0.4 is 10.6 Å². The molecule has 0 saturated carbocycles. The zero-order valence-corrected chi connectivity index (χ0v) is 23.3. The van der Waals surface area contributed by atoms with Crippen LogP contribution in [0.15, 0.2) is 18.2 Å². The van der Waals surface area contributed by atoms with Gasteiger partial charge in [0.05, 0.1) is 10.7 Å². The first-order valence-electron chi connectivity index (χ1n) is 9.77. The number of halogens is 6. The number of carboxylic acid groups (broad SMARTS) is 1. The van der Waals surface area contributed by atoms with E-state index in [1.165, 1.54) is 18.2 Å². The van der Waals surface area contributed by atoms with Gasteiger partial charge < -0.3 is 15.7 Å². The molecule has 3 aromatic rings. The molecule has 0 aliphatic rings. The van der Waals surface area contributed by atoms with Gasteiger partial charge >= 0.3 is 5.97 Å². The molecule has 0 bridgehead atoms. The molecule has 3 rings (SSSR count). The summed E-state index contributed by atoms with van der Waals surface area (Å²) >= 11 is 34.9. The third-order valence-electron chi connectivity index (χ3n) is 3.62. The smallest absolute Gasteiger partial charge is 0.375 e. The molecule has 3 N–H and O–H groups in total. The highest BCUT2D eigenvalue weighted by molar-refractivity contribution is 6.66. The van der Waals surface area contributed by atoms with Gasteiger partial charge in [-0.05, 0) is 57.5 Å². The summed E-state index contributed by atoms with van der Waals surface area (Å²) in [4.78, 5) is 26.7. The van der Waals surface area contributed by atoms with Gasteiger partial charge in [0.25, 0.3) is 5.82 Å². The van der Waals surface area contributed by atoms with Gasteiger partial charge in [-0.2, -0.15) is 15.0 Å². The fraction of sp³-hybridized carbons (Fsp3) is 0.368. The molecule has 0 radical (unpaired) electrons. The van der Waals surface area contributed by atoms with Crippen molar-refractivity contribution in [3.05, 3.63) is 45.2 Å². The first-order chi connectivity index (χ1) is 16.1. The van der Waals surface area contributed by atoms with Gasteiger partial charge in [0.1, 0.15) is 0 Å². The van der Waals surface area contributed by atoms with Crippen molar-refractivity contribution >= 4 is 87.5 Å². The maximum Gasteiger partial charge on any atom is 0.375 e. The maximum atomic E-state index is 10.9. The van der Waals surface area contributed by atoms with E-state index >= 15 is 0 Å². The molecule has 0 aliphatic carbocycles. The Morgan fingerprint density at radius 1 is 1.03 bits per heavy atom. The van der Waals surface area contributed by atoms with Gasteiger partial charge in [-0.15, -0.1) is 5.10 Å². The van der Waals surface area contributed by atoms with E-state index in [0.717, 1.165) is 11.2 Å². The molecule has 0 unspecified atom stereocenters. The van der Waals surface area contributed by atoms with E-state index in [-0.39, 0.29) is 27.4 Å². The molecule has 2 heterocycles. The van der Waals surface area contributed by atoms with Gasteiger partial charge in [0.15, 0.2) is 5.82 Å². The number of aromatic carboxylic acids is 1. The lowest BCUT2D eigenvalue weighted by atomic mass is 10.1. The number of aromatic nitrogens is 6. The molecule has 0 saturated heterocycles. The Kier molecular flexibility index (Phi) is 10.0. The largest absolute Gasteiger partial charge is 0.475 e. The van der Waals surface area contributed by atoms with E-state index in [0.29, 0.717) is 16.9 Å². The van der Waals surface area contributed by atoms with Crippen molar-refractivity contribution in [3.63, 3.8) is 0 Å². The molecule has 35 heavy (non-hydrogen) atoms. The summed E-state index contributed by atoms with van der Waals surface area (Å²) in [6.07, 6.45) is 0. The highest BCUT2D eigenvalue weighted by atomic mass is 35.6. The van der Waals surface area contributed by atoms with Crippen molar-refractivity contribution in [3.8, 4) is 5.69 Å². The van der Waals surface area contributed by atoms with Crippen LogP contribution in [0.5, 0.6) is 0 Å². The van der Waals surface area contributed by atoms with Crippen LogP contribution in [0.2, 0.25) is 15.3 Å². The van der Waals surface area contributed by atoms with E-state index in [1.807, 2.05) is 27.7 Å². The fourth-order valence-corrected chi connectivity index (χ4v) is 3.40. The predicted octanol–water partition coefficient (Wildman–Crippen LogP) is 6.27. The van der Waals surface area contributed by atoms with Crippen molar-refractivity contribution in [2.24, 2.45) is 0 Å². The third-order valence-corrected chi connectivity index (χ3v) is 4.83. The second kappa shape index (κ2) is 11.9. The molecule has 16 heteroatoms. The lowest BCUT2D eigenvalue weighted by Crippen LogP contribution is -2.27. The van der Waals surface area contributed by atoms with Crippen LogP contribution in [0.1, 0.15) is 44.1 Å². The number of alkyl halides is 3. The summed E-state index contributed by atoms with van der Waals surface area (Å²) in [6.45, 7) is 8.79. The Hall–Kier alpha value is -1.82. The highest BCUT2D eigenvalue weighted by Gasteiger charge is 2.33. The minimum Gasteiger partial charge on any atom is -0.475 e. The second-order valence-corrected chi connectivity index (χ2v) is 11.2. The molecule has 0 spiro atoms. The molecule has 190 valence electrons. The van der Waals surface area contributed by atoms with E-state index in [1.54, 1.807) is 0 Å². The maximum absolute atomic E-state index is 10.9. The molecule has 0 atom stereocenters.